The van der Waals surface area contributed by atoms with Crippen LogP contribution >= 0.6 is 11.8 Å². The SMILES string of the molecule is CCN(CC)c1ccc2c(c1)Oc1cc(N(CC)CC)ccc1C21c2ccccc2C(=O)N1Cc1cn(CC(=O)OC[C@H]2O[C@@H](Sc3ccccc3)[C@H](OCc3ccccc3)[C@@H](OCc3ccccc3)[C@@H]2OCc2ccccc2)nn1. The van der Waals surface area contributed by atoms with Crippen molar-refractivity contribution in [1.29, 1.82) is 0 Å². The molecule has 3 aliphatic heterocycles. The monoisotopic (exact) mass is 1100 g/mol. The third-order valence-electron chi connectivity index (χ3n) is 15.4. The smallest absolute Gasteiger partial charge is 0.327 e. The summed E-state index contributed by atoms with van der Waals surface area (Å²) >= 11 is 1.53. The standard InChI is InChI=1S/C66H68N6O8S/c1-5-69(6-2)50-33-35-55-57(37-50)79-58-38-51(70(7-3)8-4)34-36-56(58)66(55)54-32-22-21-31-53(54)64(74)72(66)40-49-39-71(68-67-49)41-60(73)75-45-59-61(76-42-46-23-13-9-14-24-46)62(77-43-47-25-15-10-16-26-47)63(78-44-48-27-17-11-18-28-48)65(80-59)81-52-29-19-12-20-30-52/h9-39,59,61-63,65H,5-8,40-45H2,1-4H3/t59-,61-,62+,63-,65+/m1/s1. The van der Waals surface area contributed by atoms with E-state index in [0.29, 0.717) is 29.4 Å². The highest BCUT2D eigenvalue weighted by atomic mass is 32.2. The van der Waals surface area contributed by atoms with Crippen molar-refractivity contribution in [3.05, 3.63) is 233 Å². The largest absolute Gasteiger partial charge is 0.461 e. The van der Waals surface area contributed by atoms with Crippen molar-refractivity contribution < 1.29 is 38.0 Å². The Kier molecular flexibility index (Phi) is 17.2. The van der Waals surface area contributed by atoms with Gasteiger partial charge in [-0.05, 0) is 80.3 Å². The van der Waals surface area contributed by atoms with Crippen LogP contribution in [-0.2, 0) is 66.9 Å². The van der Waals surface area contributed by atoms with Crippen molar-refractivity contribution in [3.63, 3.8) is 0 Å². The van der Waals surface area contributed by atoms with Gasteiger partial charge in [0.05, 0.1) is 32.6 Å². The highest BCUT2D eigenvalue weighted by molar-refractivity contribution is 7.99. The van der Waals surface area contributed by atoms with Gasteiger partial charge in [-0.1, -0.05) is 157 Å². The van der Waals surface area contributed by atoms with E-state index < -0.39 is 41.4 Å². The second-order valence-electron chi connectivity index (χ2n) is 20.3. The van der Waals surface area contributed by atoms with Crippen LogP contribution in [0.4, 0.5) is 11.4 Å². The van der Waals surface area contributed by atoms with Crippen molar-refractivity contribution in [2.45, 2.75) is 101 Å². The average Bonchev–Trinajstić information content (AvgIpc) is 4.23. The molecule has 0 bridgehead atoms. The van der Waals surface area contributed by atoms with Gasteiger partial charge in [-0.3, -0.25) is 9.59 Å². The minimum absolute atomic E-state index is 0.0751. The molecule has 5 atom stereocenters. The van der Waals surface area contributed by atoms with Crippen LogP contribution in [0.5, 0.6) is 11.5 Å². The fourth-order valence-corrected chi connectivity index (χ4v) is 12.6. The van der Waals surface area contributed by atoms with Crippen LogP contribution in [0, 0.1) is 0 Å². The lowest BCUT2D eigenvalue weighted by Gasteiger charge is -2.45. The number of hydrogen-bond donors (Lipinski definition) is 0. The Bertz CT molecular complexity index is 3320. The number of esters is 1. The summed E-state index contributed by atoms with van der Waals surface area (Å²) in [5, 5.41) is 9.04. The predicted octanol–water partition coefficient (Wildman–Crippen LogP) is 11.8. The van der Waals surface area contributed by atoms with E-state index in [4.69, 9.17) is 28.4 Å². The summed E-state index contributed by atoms with van der Waals surface area (Å²) < 4.78 is 42.2. The summed E-state index contributed by atoms with van der Waals surface area (Å²) in [4.78, 5) is 36.7. The molecule has 1 saturated heterocycles. The molecular formula is C66H68N6O8S. The van der Waals surface area contributed by atoms with Crippen LogP contribution in [0.25, 0.3) is 0 Å². The van der Waals surface area contributed by atoms with Gasteiger partial charge in [0.2, 0.25) is 0 Å². The van der Waals surface area contributed by atoms with E-state index >= 15 is 4.79 Å². The number of benzene rings is 7. The van der Waals surface area contributed by atoms with Crippen LogP contribution < -0.4 is 14.5 Å². The normalized spacial score (nSPS) is 18.6. The van der Waals surface area contributed by atoms with Crippen LogP contribution in [0.3, 0.4) is 0 Å². The highest BCUT2D eigenvalue weighted by Crippen LogP contribution is 2.58. The van der Waals surface area contributed by atoms with Crippen molar-refractivity contribution in [2.75, 3.05) is 42.6 Å². The van der Waals surface area contributed by atoms with Gasteiger partial charge in [0, 0.05) is 71.3 Å². The number of thioether (sulfide) groups is 1. The number of anilines is 2. The maximum atomic E-state index is 15.1. The average molecular weight is 1110 g/mol. The van der Waals surface area contributed by atoms with E-state index in [0.717, 1.165) is 75.8 Å². The van der Waals surface area contributed by atoms with Crippen LogP contribution in [-0.4, -0.2) is 94.4 Å². The van der Waals surface area contributed by atoms with Gasteiger partial charge in [-0.15, -0.1) is 5.10 Å². The van der Waals surface area contributed by atoms with E-state index in [9.17, 15) is 4.79 Å². The Balaban J connectivity index is 0.879. The first-order valence-electron chi connectivity index (χ1n) is 28.0. The molecule has 0 saturated carbocycles. The molecule has 8 aromatic rings. The third kappa shape index (κ3) is 11.7. The summed E-state index contributed by atoms with van der Waals surface area (Å²) in [6.07, 6.45) is -1.10. The third-order valence-corrected chi connectivity index (χ3v) is 16.6. The van der Waals surface area contributed by atoms with Crippen molar-refractivity contribution in [2.24, 2.45) is 0 Å². The number of carbonyl (C=O) groups excluding carboxylic acids is 2. The molecular weight excluding hydrogens is 1040 g/mol. The van der Waals surface area contributed by atoms with Gasteiger partial charge in [-0.25, -0.2) is 4.68 Å². The van der Waals surface area contributed by atoms with Gasteiger partial charge >= 0.3 is 5.97 Å². The Morgan fingerprint density at radius 3 is 1.67 bits per heavy atom. The molecule has 7 aromatic carbocycles. The lowest BCUT2D eigenvalue weighted by atomic mass is 9.74. The zero-order valence-corrected chi connectivity index (χ0v) is 47.0. The number of rotatable bonds is 23. The number of hydrogen-bond acceptors (Lipinski definition) is 13. The molecule has 14 nitrogen and oxygen atoms in total. The fraction of sp³-hybridized carbons (Fsp3) is 0.303. The van der Waals surface area contributed by atoms with Gasteiger partial charge in [-0.2, -0.15) is 0 Å². The highest BCUT2D eigenvalue weighted by Gasteiger charge is 2.57. The molecule has 1 fully saturated rings. The Morgan fingerprint density at radius 1 is 0.605 bits per heavy atom. The summed E-state index contributed by atoms with van der Waals surface area (Å²) in [6, 6.07) is 60.4. The van der Waals surface area contributed by atoms with Gasteiger partial charge in [0.1, 0.15) is 65.7 Å². The van der Waals surface area contributed by atoms with E-state index in [2.05, 4.69) is 84.2 Å². The number of nitrogens with zero attached hydrogens (tertiary/aromatic N) is 6. The summed E-state index contributed by atoms with van der Waals surface area (Å²) in [5.74, 6) is 0.634. The second kappa shape index (κ2) is 25.3. The molecule has 1 amide bonds. The van der Waals surface area contributed by atoms with Gasteiger partial charge in [0.15, 0.2) is 0 Å². The summed E-state index contributed by atoms with van der Waals surface area (Å²) in [5.41, 5.74) is 6.94. The Morgan fingerprint density at radius 2 is 1.11 bits per heavy atom. The second-order valence-corrected chi connectivity index (χ2v) is 21.5. The van der Waals surface area contributed by atoms with Crippen molar-refractivity contribution >= 4 is 35.0 Å². The molecule has 0 radical (unpaired) electrons. The first-order chi connectivity index (χ1) is 39.8. The molecule has 1 aromatic heterocycles. The van der Waals surface area contributed by atoms with Gasteiger partial charge in [0.25, 0.3) is 5.91 Å². The van der Waals surface area contributed by atoms with Crippen molar-refractivity contribution in [3.8, 4) is 11.5 Å². The molecule has 15 heteroatoms. The van der Waals surface area contributed by atoms with E-state index in [1.165, 1.54) is 16.4 Å². The maximum Gasteiger partial charge on any atom is 0.327 e. The summed E-state index contributed by atoms with van der Waals surface area (Å²) in [7, 11) is 0. The molecule has 0 unspecified atom stereocenters. The maximum absolute atomic E-state index is 15.1. The zero-order valence-electron chi connectivity index (χ0n) is 46.2. The number of carbonyl (C=O) groups is 2. The van der Waals surface area contributed by atoms with Crippen LogP contribution in [0.2, 0.25) is 0 Å². The van der Waals surface area contributed by atoms with Crippen molar-refractivity contribution in [1.82, 2.24) is 19.9 Å². The molecule has 3 aliphatic rings. The Hall–Kier alpha value is -7.79. The predicted molar refractivity (Wildman–Crippen MR) is 313 cm³/mol. The molecule has 0 N–H and O–H groups in total. The van der Waals surface area contributed by atoms with E-state index in [-0.39, 0.29) is 38.8 Å². The molecule has 416 valence electrons. The van der Waals surface area contributed by atoms with E-state index in [1.807, 2.05) is 150 Å². The number of fused-ring (bicyclic) bond motifs is 6. The summed E-state index contributed by atoms with van der Waals surface area (Å²) in [6.45, 7) is 12.3. The molecule has 0 aliphatic carbocycles. The quantitative estimate of drug-likeness (QED) is 0.0564. The topological polar surface area (TPSA) is 130 Å². The molecule has 1 spiro atoms. The van der Waals surface area contributed by atoms with E-state index in [1.54, 1.807) is 6.20 Å². The number of amides is 1. The number of ether oxygens (including phenoxy) is 6. The Labute approximate surface area is 478 Å². The molecule has 81 heavy (non-hydrogen) atoms. The van der Waals surface area contributed by atoms with Crippen LogP contribution in [0.1, 0.15) is 77.1 Å². The first kappa shape index (κ1) is 55.1. The zero-order chi connectivity index (χ0) is 55.7. The minimum Gasteiger partial charge on any atom is -0.461 e. The lowest BCUT2D eigenvalue weighted by molar-refractivity contribution is -0.253. The van der Waals surface area contributed by atoms with Gasteiger partial charge < -0.3 is 43.1 Å². The minimum atomic E-state index is -1.09. The number of aromatic nitrogens is 3. The van der Waals surface area contributed by atoms with Crippen LogP contribution in [0.15, 0.2) is 193 Å². The molecule has 4 heterocycles. The lowest BCUT2D eigenvalue weighted by Crippen LogP contribution is -2.60. The molecule has 11 rings (SSSR count). The first-order valence-corrected chi connectivity index (χ1v) is 28.9. The fourth-order valence-electron chi connectivity index (χ4n) is 11.4.